The molecule has 3 aromatic rings. The van der Waals surface area contributed by atoms with Gasteiger partial charge in [0.05, 0.1) is 0 Å². The topological polar surface area (TPSA) is 85.4 Å². The summed E-state index contributed by atoms with van der Waals surface area (Å²) in [4.78, 5) is 29.1. The van der Waals surface area contributed by atoms with Crippen LogP contribution in [0.2, 0.25) is 0 Å². The van der Waals surface area contributed by atoms with Gasteiger partial charge < -0.3 is 9.88 Å². The van der Waals surface area contributed by atoms with Crippen LogP contribution in [0.1, 0.15) is 44.9 Å². The molecule has 1 heterocycles. The first-order chi connectivity index (χ1) is 15.2. The van der Waals surface area contributed by atoms with E-state index in [9.17, 15) is 9.59 Å². The molecule has 2 aromatic carbocycles. The van der Waals surface area contributed by atoms with Gasteiger partial charge in [-0.3, -0.25) is 14.8 Å². The second-order valence-corrected chi connectivity index (χ2v) is 8.29. The number of aromatic amines is 1. The third-order valence-corrected chi connectivity index (χ3v) is 5.92. The number of anilines is 1. The summed E-state index contributed by atoms with van der Waals surface area (Å²) >= 11 is 0. The summed E-state index contributed by atoms with van der Waals surface area (Å²) in [7, 11) is 0. The molecule has 1 fully saturated rings. The Morgan fingerprint density at radius 1 is 0.968 bits per heavy atom. The Morgan fingerprint density at radius 3 is 2.45 bits per heavy atom. The molecule has 1 aliphatic carbocycles. The quantitative estimate of drug-likeness (QED) is 0.245. The van der Waals surface area contributed by atoms with Gasteiger partial charge in [-0.05, 0) is 66.5 Å². The molecule has 0 saturated heterocycles. The monoisotopic (exact) mass is 419 g/mol. The number of carbonyl (C=O) groups excluding carboxylic acids is 2. The molecule has 1 aliphatic rings. The van der Waals surface area contributed by atoms with Crippen molar-refractivity contribution < 1.29 is 14.8 Å². The minimum absolute atomic E-state index is 0.170. The second-order valence-electron chi connectivity index (χ2n) is 8.29. The SMILES string of the molecule is O=C(CCCCCCN(C(=O)C1CC1)c1ccc(-c2ccc3cc[nH]c3c2)cc1)NO. The molecule has 0 bridgehead atoms. The van der Waals surface area contributed by atoms with Crippen molar-refractivity contribution in [2.24, 2.45) is 5.92 Å². The summed E-state index contributed by atoms with van der Waals surface area (Å²) in [6.45, 7) is 0.690. The molecule has 3 N–H and O–H groups in total. The fourth-order valence-corrected chi connectivity index (χ4v) is 3.94. The molecule has 2 amide bonds. The zero-order valence-corrected chi connectivity index (χ0v) is 17.6. The maximum atomic E-state index is 12.9. The first-order valence-corrected chi connectivity index (χ1v) is 11.1. The standard InChI is InChI=1S/C25H29N3O3/c29-24(27-31)5-3-1-2-4-16-28(25(30)20-7-8-20)22-12-10-18(11-13-22)21-9-6-19-14-15-26-23(19)17-21/h6,9-15,17,20,26,31H,1-5,7-8,16H2,(H,27,29). The summed E-state index contributed by atoms with van der Waals surface area (Å²) in [6, 6.07) is 16.7. The highest BCUT2D eigenvalue weighted by atomic mass is 16.5. The summed E-state index contributed by atoms with van der Waals surface area (Å²) < 4.78 is 0. The number of rotatable bonds is 10. The molecule has 31 heavy (non-hydrogen) atoms. The van der Waals surface area contributed by atoms with E-state index in [1.165, 1.54) is 5.39 Å². The molecule has 1 saturated carbocycles. The van der Waals surface area contributed by atoms with E-state index < -0.39 is 0 Å². The van der Waals surface area contributed by atoms with Crippen molar-refractivity contribution in [3.8, 4) is 11.1 Å². The molecule has 0 spiro atoms. The lowest BCUT2D eigenvalue weighted by Crippen LogP contribution is -2.33. The van der Waals surface area contributed by atoms with Gasteiger partial charge >= 0.3 is 0 Å². The molecule has 162 valence electrons. The van der Waals surface area contributed by atoms with E-state index in [0.29, 0.717) is 13.0 Å². The molecule has 1 aromatic heterocycles. The summed E-state index contributed by atoms with van der Waals surface area (Å²) in [5.74, 6) is 0.0458. The molecule has 6 nitrogen and oxygen atoms in total. The van der Waals surface area contributed by atoms with Crippen LogP contribution < -0.4 is 10.4 Å². The zero-order valence-electron chi connectivity index (χ0n) is 17.6. The van der Waals surface area contributed by atoms with E-state index in [1.807, 2.05) is 23.2 Å². The first-order valence-electron chi connectivity index (χ1n) is 11.1. The normalized spacial score (nSPS) is 13.3. The van der Waals surface area contributed by atoms with Crippen molar-refractivity contribution in [1.29, 1.82) is 0 Å². The highest BCUT2D eigenvalue weighted by Crippen LogP contribution is 2.34. The smallest absolute Gasteiger partial charge is 0.243 e. The number of hydrogen-bond acceptors (Lipinski definition) is 3. The van der Waals surface area contributed by atoms with Crippen LogP contribution in [0.5, 0.6) is 0 Å². The Hall–Kier alpha value is -3.12. The highest BCUT2D eigenvalue weighted by molar-refractivity contribution is 5.96. The second kappa shape index (κ2) is 9.79. The van der Waals surface area contributed by atoms with Gasteiger partial charge in [0.2, 0.25) is 11.8 Å². The zero-order chi connectivity index (χ0) is 21.6. The number of amides is 2. The minimum atomic E-state index is -0.346. The third-order valence-electron chi connectivity index (χ3n) is 5.92. The Labute approximate surface area is 182 Å². The van der Waals surface area contributed by atoms with E-state index in [-0.39, 0.29) is 17.7 Å². The number of nitrogens with zero attached hydrogens (tertiary/aromatic N) is 1. The molecule has 4 rings (SSSR count). The van der Waals surface area contributed by atoms with E-state index in [2.05, 4.69) is 41.4 Å². The maximum absolute atomic E-state index is 12.9. The number of fused-ring (bicyclic) bond motifs is 1. The van der Waals surface area contributed by atoms with Crippen LogP contribution in [0.25, 0.3) is 22.0 Å². The Balaban J connectivity index is 1.39. The summed E-state index contributed by atoms with van der Waals surface area (Å²) in [5.41, 5.74) is 5.99. The van der Waals surface area contributed by atoms with E-state index in [4.69, 9.17) is 5.21 Å². The van der Waals surface area contributed by atoms with Crippen LogP contribution in [0.15, 0.2) is 54.7 Å². The van der Waals surface area contributed by atoms with Gasteiger partial charge in [-0.15, -0.1) is 0 Å². The van der Waals surface area contributed by atoms with Crippen molar-refractivity contribution in [3.05, 3.63) is 54.7 Å². The van der Waals surface area contributed by atoms with Crippen LogP contribution in [0.3, 0.4) is 0 Å². The molecule has 0 radical (unpaired) electrons. The number of hydroxylamine groups is 1. The lowest BCUT2D eigenvalue weighted by molar-refractivity contribution is -0.129. The van der Waals surface area contributed by atoms with Crippen molar-refractivity contribution >= 4 is 28.4 Å². The molecular formula is C25H29N3O3. The highest BCUT2D eigenvalue weighted by Gasteiger charge is 2.33. The Morgan fingerprint density at radius 2 is 1.71 bits per heavy atom. The number of benzene rings is 2. The molecule has 6 heteroatoms. The molecule has 0 atom stereocenters. The first kappa shape index (κ1) is 21.1. The van der Waals surface area contributed by atoms with Gasteiger partial charge in [0.25, 0.3) is 0 Å². The number of H-pyrrole nitrogens is 1. The summed E-state index contributed by atoms with van der Waals surface area (Å²) in [5, 5.41) is 9.73. The average molecular weight is 420 g/mol. The van der Waals surface area contributed by atoms with Crippen molar-refractivity contribution in [1.82, 2.24) is 10.5 Å². The van der Waals surface area contributed by atoms with Gasteiger partial charge in [0, 0.05) is 36.3 Å². The molecular weight excluding hydrogens is 390 g/mol. The fraction of sp³-hybridized carbons (Fsp3) is 0.360. The van der Waals surface area contributed by atoms with E-state index in [1.54, 1.807) is 5.48 Å². The van der Waals surface area contributed by atoms with Crippen molar-refractivity contribution in [2.45, 2.75) is 44.9 Å². The van der Waals surface area contributed by atoms with E-state index >= 15 is 0 Å². The van der Waals surface area contributed by atoms with Gasteiger partial charge in [-0.1, -0.05) is 37.1 Å². The van der Waals surface area contributed by atoms with E-state index in [0.717, 1.165) is 60.9 Å². The summed E-state index contributed by atoms with van der Waals surface area (Å²) in [6.07, 6.45) is 7.73. The lowest BCUT2D eigenvalue weighted by Gasteiger charge is -2.23. The van der Waals surface area contributed by atoms with Crippen molar-refractivity contribution in [2.75, 3.05) is 11.4 Å². The average Bonchev–Trinajstić information content (AvgIpc) is 3.55. The van der Waals surface area contributed by atoms with Crippen LogP contribution in [0.4, 0.5) is 5.69 Å². The number of aromatic nitrogens is 1. The predicted octanol–water partition coefficient (Wildman–Crippen LogP) is 5.03. The van der Waals surface area contributed by atoms with Crippen LogP contribution in [-0.4, -0.2) is 28.6 Å². The third kappa shape index (κ3) is 5.33. The Bertz CT molecular complexity index is 1040. The van der Waals surface area contributed by atoms with Gasteiger partial charge in [-0.25, -0.2) is 5.48 Å². The van der Waals surface area contributed by atoms with Gasteiger partial charge in [0.15, 0.2) is 0 Å². The van der Waals surface area contributed by atoms with Gasteiger partial charge in [-0.2, -0.15) is 0 Å². The number of carbonyl (C=O) groups is 2. The molecule has 0 aliphatic heterocycles. The van der Waals surface area contributed by atoms with Crippen LogP contribution in [-0.2, 0) is 9.59 Å². The van der Waals surface area contributed by atoms with Gasteiger partial charge in [0.1, 0.15) is 0 Å². The van der Waals surface area contributed by atoms with Crippen molar-refractivity contribution in [3.63, 3.8) is 0 Å². The minimum Gasteiger partial charge on any atom is -0.361 e. The number of nitrogens with one attached hydrogen (secondary N) is 2. The van der Waals surface area contributed by atoms with Crippen LogP contribution >= 0.6 is 0 Å². The lowest BCUT2D eigenvalue weighted by atomic mass is 10.0. The van der Waals surface area contributed by atoms with Crippen LogP contribution in [0, 0.1) is 5.92 Å². The fourth-order valence-electron chi connectivity index (χ4n) is 3.94. The predicted molar refractivity (Wildman–Crippen MR) is 122 cm³/mol. The number of hydrogen-bond donors (Lipinski definition) is 3. The maximum Gasteiger partial charge on any atom is 0.243 e. The molecule has 0 unspecified atom stereocenters. The Kier molecular flexibility index (Phi) is 6.67. The number of unbranched alkanes of at least 4 members (excludes halogenated alkanes) is 3. The largest absolute Gasteiger partial charge is 0.361 e.